The second-order valence-electron chi connectivity index (χ2n) is 8.24. The highest BCUT2D eigenvalue weighted by molar-refractivity contribution is 7.89. The molecule has 10 heteroatoms. The summed E-state index contributed by atoms with van der Waals surface area (Å²) in [5, 5.41) is 2.76. The molecule has 1 N–H and O–H groups in total. The summed E-state index contributed by atoms with van der Waals surface area (Å²) in [4.78, 5) is 30.7. The van der Waals surface area contributed by atoms with Crippen LogP contribution in [0.25, 0.3) is 0 Å². The van der Waals surface area contributed by atoms with Crippen molar-refractivity contribution in [3.8, 4) is 0 Å². The fourth-order valence-electron chi connectivity index (χ4n) is 3.88. The highest BCUT2D eigenvalue weighted by atomic mass is 32.2. The van der Waals surface area contributed by atoms with Gasteiger partial charge in [0.25, 0.3) is 0 Å². The van der Waals surface area contributed by atoms with Gasteiger partial charge in [-0.1, -0.05) is 23.8 Å². The number of sulfonamides is 1. The average molecular weight is 464 g/mol. The number of hydrogen-bond acceptors (Lipinski definition) is 6. The van der Waals surface area contributed by atoms with E-state index in [1.807, 2.05) is 21.6 Å². The molecule has 0 atom stereocenters. The number of carbonyl (C=O) groups is 2. The van der Waals surface area contributed by atoms with Gasteiger partial charge >= 0.3 is 0 Å². The molecule has 2 fully saturated rings. The molecule has 0 unspecified atom stereocenters. The quantitative estimate of drug-likeness (QED) is 0.535. The molecular formula is C22H33N5O4S. The van der Waals surface area contributed by atoms with Gasteiger partial charge in [-0.05, 0) is 19.1 Å². The minimum absolute atomic E-state index is 0.0388. The molecular weight excluding hydrogens is 430 g/mol. The van der Waals surface area contributed by atoms with Gasteiger partial charge in [-0.15, -0.1) is 6.58 Å². The van der Waals surface area contributed by atoms with Crippen molar-refractivity contribution < 1.29 is 18.0 Å². The fourth-order valence-corrected chi connectivity index (χ4v) is 5.30. The monoisotopic (exact) mass is 463 g/mol. The highest BCUT2D eigenvalue weighted by Gasteiger charge is 2.30. The van der Waals surface area contributed by atoms with E-state index in [0.29, 0.717) is 70.3 Å². The molecule has 2 aliphatic heterocycles. The first kappa shape index (κ1) is 24.4. The van der Waals surface area contributed by atoms with Gasteiger partial charge < -0.3 is 10.2 Å². The van der Waals surface area contributed by atoms with E-state index in [4.69, 9.17) is 0 Å². The van der Waals surface area contributed by atoms with Crippen molar-refractivity contribution >= 4 is 21.8 Å². The lowest BCUT2D eigenvalue weighted by Gasteiger charge is -2.37. The first-order valence-electron chi connectivity index (χ1n) is 11.0. The second kappa shape index (κ2) is 11.0. The Morgan fingerprint density at radius 1 is 0.938 bits per heavy atom. The zero-order valence-corrected chi connectivity index (χ0v) is 19.5. The van der Waals surface area contributed by atoms with Gasteiger partial charge in [-0.3, -0.25) is 19.4 Å². The molecule has 0 aliphatic carbocycles. The van der Waals surface area contributed by atoms with Crippen molar-refractivity contribution in [2.75, 3.05) is 72.0 Å². The third-order valence-electron chi connectivity index (χ3n) is 5.88. The van der Waals surface area contributed by atoms with Crippen LogP contribution in [0.2, 0.25) is 0 Å². The Hall–Kier alpha value is -2.27. The number of rotatable bonds is 8. The molecule has 9 nitrogen and oxygen atoms in total. The van der Waals surface area contributed by atoms with E-state index in [1.165, 1.54) is 4.31 Å². The molecule has 0 radical (unpaired) electrons. The van der Waals surface area contributed by atoms with Crippen LogP contribution in [0.15, 0.2) is 41.8 Å². The Balaban J connectivity index is 1.41. The Morgan fingerprint density at radius 2 is 1.50 bits per heavy atom. The van der Waals surface area contributed by atoms with Gasteiger partial charge in [0, 0.05) is 58.9 Å². The summed E-state index contributed by atoms with van der Waals surface area (Å²) in [7, 11) is -3.51. The number of nitrogens with zero attached hydrogens (tertiary/aromatic N) is 4. The Labute approximate surface area is 190 Å². The van der Waals surface area contributed by atoms with Crippen LogP contribution in [0, 0.1) is 6.92 Å². The number of aryl methyl sites for hydroxylation is 1. The fraction of sp³-hybridized carbons (Fsp3) is 0.545. The zero-order chi connectivity index (χ0) is 23.1. The van der Waals surface area contributed by atoms with Crippen LogP contribution in [-0.2, 0) is 19.6 Å². The maximum absolute atomic E-state index is 12.8. The second-order valence-corrected chi connectivity index (χ2v) is 10.2. The SMILES string of the molecule is C=CCNC(=O)CN1CCN(C(=O)CN2CCN(S(=O)(=O)c3ccc(C)cc3)CC2)CC1. The van der Waals surface area contributed by atoms with Crippen molar-refractivity contribution in [1.82, 2.24) is 24.3 Å². The predicted molar refractivity (Wildman–Crippen MR) is 123 cm³/mol. The highest BCUT2D eigenvalue weighted by Crippen LogP contribution is 2.18. The van der Waals surface area contributed by atoms with E-state index in [2.05, 4.69) is 11.9 Å². The summed E-state index contributed by atoms with van der Waals surface area (Å²) >= 11 is 0. The van der Waals surface area contributed by atoms with Crippen LogP contribution in [0.5, 0.6) is 0 Å². The largest absolute Gasteiger partial charge is 0.352 e. The molecule has 0 spiro atoms. The first-order valence-corrected chi connectivity index (χ1v) is 12.4. The Morgan fingerprint density at radius 3 is 2.09 bits per heavy atom. The van der Waals surface area contributed by atoms with Crippen LogP contribution in [0.4, 0.5) is 0 Å². The molecule has 0 aromatic heterocycles. The molecule has 2 heterocycles. The minimum Gasteiger partial charge on any atom is -0.352 e. The third-order valence-corrected chi connectivity index (χ3v) is 7.80. The normalized spacial score (nSPS) is 19.0. The van der Waals surface area contributed by atoms with Crippen molar-refractivity contribution in [1.29, 1.82) is 0 Å². The van der Waals surface area contributed by atoms with E-state index < -0.39 is 10.0 Å². The van der Waals surface area contributed by atoms with Crippen LogP contribution in [0.3, 0.4) is 0 Å². The lowest BCUT2D eigenvalue weighted by molar-refractivity contribution is -0.134. The Bertz CT molecular complexity index is 903. The lowest BCUT2D eigenvalue weighted by Crippen LogP contribution is -2.55. The van der Waals surface area contributed by atoms with Gasteiger partial charge in [0.05, 0.1) is 18.0 Å². The number of carbonyl (C=O) groups excluding carboxylic acids is 2. The molecule has 0 bridgehead atoms. The standard InChI is InChI=1S/C22H33N5O4S/c1-3-8-23-21(28)17-24-9-13-26(14-10-24)22(29)18-25-11-15-27(16-12-25)32(30,31)20-6-4-19(2)5-7-20/h3-7H,1,8-18H2,2H3,(H,23,28). The van der Waals surface area contributed by atoms with Gasteiger partial charge in [-0.25, -0.2) is 8.42 Å². The number of nitrogens with one attached hydrogen (secondary N) is 1. The first-order chi connectivity index (χ1) is 15.3. The van der Waals surface area contributed by atoms with E-state index in [0.717, 1.165) is 5.56 Å². The predicted octanol–water partition coefficient (Wildman–Crippen LogP) is -0.252. The summed E-state index contributed by atoms with van der Waals surface area (Å²) in [5.74, 6) is 0.0127. The van der Waals surface area contributed by atoms with Gasteiger partial charge in [0.1, 0.15) is 0 Å². The molecule has 2 saturated heterocycles. The summed E-state index contributed by atoms with van der Waals surface area (Å²) < 4.78 is 27.2. The number of benzene rings is 1. The van der Waals surface area contributed by atoms with E-state index in [-0.39, 0.29) is 18.4 Å². The Kier molecular flexibility index (Phi) is 8.41. The summed E-state index contributed by atoms with van der Waals surface area (Å²) in [6.45, 7) is 10.9. The topological polar surface area (TPSA) is 93.3 Å². The smallest absolute Gasteiger partial charge is 0.243 e. The van der Waals surface area contributed by atoms with Crippen molar-refractivity contribution in [2.24, 2.45) is 0 Å². The molecule has 2 aliphatic rings. The van der Waals surface area contributed by atoms with Gasteiger partial charge in [-0.2, -0.15) is 4.31 Å². The average Bonchev–Trinajstić information content (AvgIpc) is 2.79. The lowest BCUT2D eigenvalue weighted by atomic mass is 10.2. The summed E-state index contributed by atoms with van der Waals surface area (Å²) in [6.07, 6.45) is 1.65. The zero-order valence-electron chi connectivity index (χ0n) is 18.7. The molecule has 0 saturated carbocycles. The van der Waals surface area contributed by atoms with Gasteiger partial charge in [0.15, 0.2) is 0 Å². The molecule has 176 valence electrons. The van der Waals surface area contributed by atoms with Gasteiger partial charge in [0.2, 0.25) is 21.8 Å². The van der Waals surface area contributed by atoms with Crippen LogP contribution < -0.4 is 5.32 Å². The third kappa shape index (κ3) is 6.38. The minimum atomic E-state index is -3.51. The molecule has 32 heavy (non-hydrogen) atoms. The van der Waals surface area contributed by atoms with Crippen molar-refractivity contribution in [2.45, 2.75) is 11.8 Å². The summed E-state index contributed by atoms with van der Waals surface area (Å²) in [6, 6.07) is 6.89. The van der Waals surface area contributed by atoms with Crippen LogP contribution >= 0.6 is 0 Å². The molecule has 1 aromatic carbocycles. The van der Waals surface area contributed by atoms with Crippen LogP contribution in [0.1, 0.15) is 5.56 Å². The van der Waals surface area contributed by atoms with E-state index >= 15 is 0 Å². The maximum atomic E-state index is 12.8. The number of piperazine rings is 2. The van der Waals surface area contributed by atoms with Crippen LogP contribution in [-0.4, -0.2) is 111 Å². The molecule has 1 aromatic rings. The van der Waals surface area contributed by atoms with E-state index in [9.17, 15) is 18.0 Å². The number of hydrogen-bond donors (Lipinski definition) is 1. The molecule has 2 amide bonds. The van der Waals surface area contributed by atoms with E-state index in [1.54, 1.807) is 30.3 Å². The van der Waals surface area contributed by atoms with Crippen molar-refractivity contribution in [3.63, 3.8) is 0 Å². The van der Waals surface area contributed by atoms with Crippen molar-refractivity contribution in [3.05, 3.63) is 42.5 Å². The number of amides is 2. The molecule has 3 rings (SSSR count). The maximum Gasteiger partial charge on any atom is 0.243 e. The summed E-state index contributed by atoms with van der Waals surface area (Å²) in [5.41, 5.74) is 1.02.